The van der Waals surface area contributed by atoms with Crippen LogP contribution in [0.1, 0.15) is 5.76 Å². The van der Waals surface area contributed by atoms with E-state index in [1.54, 1.807) is 0 Å². The molecule has 7 aromatic carbocycles. The van der Waals surface area contributed by atoms with Gasteiger partial charge in [0.05, 0.1) is 27.8 Å². The molecule has 10 rings (SSSR count). The number of aromatic nitrogens is 2. The Bertz CT molecular complexity index is 3030. The highest BCUT2D eigenvalue weighted by molar-refractivity contribution is 6.13. The minimum absolute atomic E-state index is 0.844. The molecule has 0 saturated carbocycles. The predicted octanol–water partition coefficient (Wildman–Crippen LogP) is 13.4. The van der Waals surface area contributed by atoms with Crippen LogP contribution in [0.15, 0.2) is 192 Å². The van der Waals surface area contributed by atoms with Crippen molar-refractivity contribution in [3.05, 3.63) is 194 Å². The molecule has 0 fully saturated rings. The minimum Gasteiger partial charge on any atom is -0.461 e. The van der Waals surface area contributed by atoms with Crippen molar-refractivity contribution < 1.29 is 4.42 Å². The summed E-state index contributed by atoms with van der Waals surface area (Å²) in [6, 6.07) is 67.4. The van der Waals surface area contributed by atoms with Gasteiger partial charge in [-0.15, -0.1) is 0 Å². The van der Waals surface area contributed by atoms with Gasteiger partial charge in [-0.25, -0.2) is 0 Å². The molecular weight excluding hydrogens is 633 g/mol. The van der Waals surface area contributed by atoms with Gasteiger partial charge in [0, 0.05) is 38.2 Å². The van der Waals surface area contributed by atoms with Gasteiger partial charge in [-0.2, -0.15) is 0 Å². The van der Waals surface area contributed by atoms with Crippen molar-refractivity contribution in [3.63, 3.8) is 0 Å². The molecule has 0 amide bonds. The normalized spacial score (nSPS) is 11.6. The standard InChI is InChI=1S/C49H34N2O/c1-33-23-27-38(28-24-35-15-5-12-22-49(35)52-33)50-45-20-10-7-17-40(45)42-31-36(25-29-47(42)50)37-26-30-48-43(32-37)41-18-8-11-21-46(41)51(48)44-19-9-6-16-39(44)34-13-3-2-4-14-34/h2-32H,1H3. The molecule has 0 aliphatic carbocycles. The summed E-state index contributed by atoms with van der Waals surface area (Å²) in [4.78, 5) is 0. The molecule has 246 valence electrons. The molecule has 0 N–H and O–H groups in total. The van der Waals surface area contributed by atoms with E-state index in [9.17, 15) is 0 Å². The number of nitrogens with zero attached hydrogens (tertiary/aromatic N) is 2. The quantitative estimate of drug-likeness (QED) is 0.183. The maximum Gasteiger partial charge on any atom is 0.134 e. The monoisotopic (exact) mass is 666 g/mol. The molecule has 0 radical (unpaired) electrons. The van der Waals surface area contributed by atoms with Gasteiger partial charge in [0.25, 0.3) is 0 Å². The second-order valence-electron chi connectivity index (χ2n) is 13.4. The number of fused-ring (bicyclic) bond motifs is 7. The third-order valence-corrected chi connectivity index (χ3v) is 10.3. The van der Waals surface area contributed by atoms with E-state index < -0.39 is 0 Å². The summed E-state index contributed by atoms with van der Waals surface area (Å²) in [5.41, 5.74) is 12.6. The summed E-state index contributed by atoms with van der Waals surface area (Å²) >= 11 is 0. The third-order valence-electron chi connectivity index (χ3n) is 10.3. The second-order valence-corrected chi connectivity index (χ2v) is 13.4. The highest BCUT2D eigenvalue weighted by Crippen LogP contribution is 2.39. The van der Waals surface area contributed by atoms with E-state index in [0.717, 1.165) is 27.9 Å². The van der Waals surface area contributed by atoms with Crippen LogP contribution in [-0.2, 0) is 0 Å². The zero-order valence-corrected chi connectivity index (χ0v) is 28.7. The molecule has 3 heteroatoms. The topological polar surface area (TPSA) is 23.0 Å². The maximum atomic E-state index is 6.19. The lowest BCUT2D eigenvalue weighted by molar-refractivity contribution is 0.569. The first kappa shape index (κ1) is 30.0. The Kier molecular flexibility index (Phi) is 7.04. The third kappa shape index (κ3) is 4.90. The lowest BCUT2D eigenvalue weighted by Gasteiger charge is -2.14. The summed E-state index contributed by atoms with van der Waals surface area (Å²) in [6.45, 7) is 2.00. The molecule has 3 aromatic heterocycles. The van der Waals surface area contributed by atoms with Crippen LogP contribution < -0.4 is 0 Å². The van der Waals surface area contributed by atoms with Gasteiger partial charge in [-0.1, -0.05) is 115 Å². The van der Waals surface area contributed by atoms with E-state index in [0.29, 0.717) is 0 Å². The van der Waals surface area contributed by atoms with Gasteiger partial charge >= 0.3 is 0 Å². The van der Waals surface area contributed by atoms with Crippen molar-refractivity contribution in [2.24, 2.45) is 0 Å². The zero-order valence-electron chi connectivity index (χ0n) is 28.7. The highest BCUT2D eigenvalue weighted by Gasteiger charge is 2.17. The molecule has 0 atom stereocenters. The lowest BCUT2D eigenvalue weighted by Crippen LogP contribution is -1.97. The summed E-state index contributed by atoms with van der Waals surface area (Å²) < 4.78 is 11.0. The average molecular weight is 667 g/mol. The fourth-order valence-electron chi connectivity index (χ4n) is 7.87. The van der Waals surface area contributed by atoms with Crippen molar-refractivity contribution in [1.82, 2.24) is 9.13 Å². The molecule has 0 unspecified atom stereocenters. The van der Waals surface area contributed by atoms with Crippen molar-refractivity contribution in [2.75, 3.05) is 0 Å². The molecule has 52 heavy (non-hydrogen) atoms. The van der Waals surface area contributed by atoms with Crippen LogP contribution in [0, 0.1) is 6.92 Å². The van der Waals surface area contributed by atoms with Gasteiger partial charge in [0.2, 0.25) is 0 Å². The summed E-state index contributed by atoms with van der Waals surface area (Å²) in [5, 5.41) is 5.98. The van der Waals surface area contributed by atoms with Crippen LogP contribution in [0.3, 0.4) is 0 Å². The van der Waals surface area contributed by atoms with Crippen LogP contribution >= 0.6 is 0 Å². The van der Waals surface area contributed by atoms with Crippen LogP contribution in [0.25, 0.3) is 88.2 Å². The van der Waals surface area contributed by atoms with Gasteiger partial charge in [-0.3, -0.25) is 0 Å². The van der Waals surface area contributed by atoms with Crippen molar-refractivity contribution in [2.45, 2.75) is 6.92 Å². The number of aryl methyl sites for hydroxylation is 1. The van der Waals surface area contributed by atoms with Crippen molar-refractivity contribution in [1.29, 1.82) is 0 Å². The van der Waals surface area contributed by atoms with E-state index in [1.165, 1.54) is 66.0 Å². The maximum absolute atomic E-state index is 6.19. The Morgan fingerprint density at radius 2 is 0.942 bits per heavy atom. The summed E-state index contributed by atoms with van der Waals surface area (Å²) in [7, 11) is 0. The van der Waals surface area contributed by atoms with Crippen LogP contribution in [0.5, 0.6) is 0 Å². The molecule has 10 aromatic rings. The second kappa shape index (κ2) is 12.2. The Morgan fingerprint density at radius 1 is 0.385 bits per heavy atom. The molecule has 0 bridgehead atoms. The Balaban J connectivity index is 1.16. The number of para-hydroxylation sites is 4. The average Bonchev–Trinajstić information content (AvgIpc) is 3.73. The number of hydrogen-bond donors (Lipinski definition) is 0. The first-order valence-electron chi connectivity index (χ1n) is 17.8. The first-order chi connectivity index (χ1) is 25.7. The fraction of sp³-hybridized carbons (Fsp3) is 0.0204. The van der Waals surface area contributed by atoms with E-state index in [-0.39, 0.29) is 0 Å². The smallest absolute Gasteiger partial charge is 0.134 e. The summed E-state index contributed by atoms with van der Waals surface area (Å²) in [5.74, 6) is 0.844. The van der Waals surface area contributed by atoms with Gasteiger partial charge < -0.3 is 13.6 Å². The van der Waals surface area contributed by atoms with Gasteiger partial charge in [-0.05, 0) is 96.4 Å². The van der Waals surface area contributed by atoms with E-state index in [2.05, 4.69) is 179 Å². The van der Waals surface area contributed by atoms with E-state index >= 15 is 0 Å². The Hall–Kier alpha value is -6.84. The van der Waals surface area contributed by atoms with Crippen molar-refractivity contribution in [3.8, 4) is 33.6 Å². The first-order valence-corrected chi connectivity index (χ1v) is 17.8. The minimum atomic E-state index is 0.844. The molecule has 0 saturated heterocycles. The summed E-state index contributed by atoms with van der Waals surface area (Å²) in [6.07, 6.45) is 0. The fourth-order valence-corrected chi connectivity index (χ4v) is 7.87. The van der Waals surface area contributed by atoms with E-state index in [4.69, 9.17) is 4.42 Å². The molecule has 0 aliphatic rings. The molecule has 0 aliphatic heterocycles. The molecule has 3 nitrogen and oxygen atoms in total. The number of benzene rings is 7. The van der Waals surface area contributed by atoms with Crippen molar-refractivity contribution >= 4 is 54.6 Å². The van der Waals surface area contributed by atoms with Crippen LogP contribution in [0.2, 0.25) is 0 Å². The zero-order chi connectivity index (χ0) is 34.6. The van der Waals surface area contributed by atoms with Gasteiger partial charge in [0.1, 0.15) is 11.3 Å². The Morgan fingerprint density at radius 3 is 1.69 bits per heavy atom. The van der Waals surface area contributed by atoms with Crippen LogP contribution in [0.4, 0.5) is 0 Å². The predicted molar refractivity (Wildman–Crippen MR) is 218 cm³/mol. The highest BCUT2D eigenvalue weighted by atomic mass is 16.3. The number of hydrogen-bond acceptors (Lipinski definition) is 1. The molecule has 3 heterocycles. The molecule has 0 spiro atoms. The van der Waals surface area contributed by atoms with Crippen LogP contribution in [-0.4, -0.2) is 9.13 Å². The van der Waals surface area contributed by atoms with Gasteiger partial charge in [0.15, 0.2) is 0 Å². The SMILES string of the molecule is Cc1ccc(-n2c3ccccc3c3cc(-c4ccc5c(c4)c4ccccc4n5-c4ccccc4-c4ccccc4)ccc32)ccc2ccccc2o1. The number of rotatable bonds is 4. The lowest BCUT2D eigenvalue weighted by atomic mass is 10.0. The largest absolute Gasteiger partial charge is 0.461 e. The Labute approximate surface area is 301 Å². The molecular formula is C49H34N2O. The van der Waals surface area contributed by atoms with E-state index in [1.807, 2.05) is 25.1 Å².